The molecule has 2 N–H and O–H groups in total. The molecule has 0 heterocycles. The third-order valence-electron chi connectivity index (χ3n) is 4.34. The summed E-state index contributed by atoms with van der Waals surface area (Å²) in [5.74, 6) is -0.900. The Morgan fingerprint density at radius 2 is 2.05 bits per heavy atom. The molecule has 120 valence electrons. The van der Waals surface area contributed by atoms with Gasteiger partial charge in [0.15, 0.2) is 0 Å². The van der Waals surface area contributed by atoms with E-state index < -0.39 is 5.97 Å². The highest BCUT2D eigenvalue weighted by Gasteiger charge is 2.40. The summed E-state index contributed by atoms with van der Waals surface area (Å²) in [7, 11) is 1.62. The average molecular weight is 369 g/mol. The van der Waals surface area contributed by atoms with E-state index in [2.05, 4.69) is 27.3 Å². The lowest BCUT2D eigenvalue weighted by Gasteiger charge is -2.43. The maximum absolute atomic E-state index is 12.1. The number of rotatable bonds is 6. The molecule has 0 aliphatic heterocycles. The number of urea groups is 1. The van der Waals surface area contributed by atoms with Crippen molar-refractivity contribution in [2.75, 3.05) is 20.1 Å². The number of carboxylic acid groups (broad SMARTS) is 1. The zero-order valence-corrected chi connectivity index (χ0v) is 14.2. The van der Waals surface area contributed by atoms with Crippen molar-refractivity contribution in [2.45, 2.75) is 31.1 Å². The van der Waals surface area contributed by atoms with Crippen molar-refractivity contribution in [1.82, 2.24) is 10.2 Å². The summed E-state index contributed by atoms with van der Waals surface area (Å²) in [6.45, 7) is 0.787. The number of hydrogen-bond acceptors (Lipinski definition) is 2. The Labute approximate surface area is 138 Å². The van der Waals surface area contributed by atoms with Crippen LogP contribution in [-0.2, 0) is 10.2 Å². The predicted molar refractivity (Wildman–Crippen MR) is 88.0 cm³/mol. The number of nitrogens with one attached hydrogen (secondary N) is 1. The standard InChI is InChI=1S/C16H21BrN2O3/c1-19(10-7-14(20)21)15(22)18-11-16(8-4-9-16)12-5-2-3-6-13(12)17/h2-3,5-6H,4,7-11H2,1H3,(H,18,22)(H,20,21). The molecule has 1 aliphatic rings. The molecule has 2 rings (SSSR count). The van der Waals surface area contributed by atoms with E-state index >= 15 is 0 Å². The molecule has 0 atom stereocenters. The summed E-state index contributed by atoms with van der Waals surface area (Å²) >= 11 is 3.60. The number of halogens is 1. The Morgan fingerprint density at radius 1 is 1.36 bits per heavy atom. The first-order valence-electron chi connectivity index (χ1n) is 7.40. The van der Waals surface area contributed by atoms with Gasteiger partial charge in [0.2, 0.25) is 0 Å². The quantitative estimate of drug-likeness (QED) is 0.810. The molecule has 0 radical (unpaired) electrons. The number of carboxylic acids is 1. The number of carbonyl (C=O) groups excluding carboxylic acids is 1. The molecule has 0 unspecified atom stereocenters. The van der Waals surface area contributed by atoms with Crippen molar-refractivity contribution < 1.29 is 14.7 Å². The molecule has 0 spiro atoms. The largest absolute Gasteiger partial charge is 0.481 e. The van der Waals surface area contributed by atoms with Gasteiger partial charge in [-0.2, -0.15) is 0 Å². The van der Waals surface area contributed by atoms with Gasteiger partial charge in [-0.1, -0.05) is 40.5 Å². The lowest BCUT2D eigenvalue weighted by molar-refractivity contribution is -0.137. The molecule has 0 bridgehead atoms. The Kier molecular flexibility index (Phi) is 5.45. The smallest absolute Gasteiger partial charge is 0.317 e. The summed E-state index contributed by atoms with van der Waals surface area (Å²) in [4.78, 5) is 24.0. The fourth-order valence-corrected chi connectivity index (χ4v) is 3.49. The van der Waals surface area contributed by atoms with E-state index in [9.17, 15) is 9.59 Å². The van der Waals surface area contributed by atoms with Crippen LogP contribution in [0.3, 0.4) is 0 Å². The van der Waals surface area contributed by atoms with Crippen LogP contribution in [0.4, 0.5) is 4.79 Å². The molecule has 1 aromatic carbocycles. The van der Waals surface area contributed by atoms with Crippen LogP contribution in [0.1, 0.15) is 31.2 Å². The fourth-order valence-electron chi connectivity index (χ4n) is 2.78. The van der Waals surface area contributed by atoms with Crippen LogP contribution in [0.5, 0.6) is 0 Å². The van der Waals surface area contributed by atoms with Crippen LogP contribution >= 0.6 is 15.9 Å². The maximum atomic E-state index is 12.1. The zero-order valence-electron chi connectivity index (χ0n) is 12.6. The van der Waals surface area contributed by atoms with Crippen LogP contribution in [0.2, 0.25) is 0 Å². The second-order valence-electron chi connectivity index (χ2n) is 5.84. The topological polar surface area (TPSA) is 69.6 Å². The van der Waals surface area contributed by atoms with Gasteiger partial charge in [0.1, 0.15) is 0 Å². The minimum atomic E-state index is -0.900. The van der Waals surface area contributed by atoms with Crippen molar-refractivity contribution in [1.29, 1.82) is 0 Å². The van der Waals surface area contributed by atoms with Crippen LogP contribution in [0, 0.1) is 0 Å². The van der Waals surface area contributed by atoms with Gasteiger partial charge in [-0.05, 0) is 24.5 Å². The SMILES string of the molecule is CN(CCC(=O)O)C(=O)NCC1(c2ccccc2Br)CCC1. The van der Waals surface area contributed by atoms with Gasteiger partial charge in [-0.25, -0.2) is 4.79 Å². The first-order valence-corrected chi connectivity index (χ1v) is 8.20. The molecule has 1 fully saturated rings. The third kappa shape index (κ3) is 3.80. The van der Waals surface area contributed by atoms with Crippen LogP contribution in [0.15, 0.2) is 28.7 Å². The van der Waals surface area contributed by atoms with E-state index in [1.54, 1.807) is 7.05 Å². The second kappa shape index (κ2) is 7.13. The summed E-state index contributed by atoms with van der Waals surface area (Å²) in [6.07, 6.45) is 3.22. The van der Waals surface area contributed by atoms with E-state index in [1.807, 2.05) is 18.2 Å². The highest BCUT2D eigenvalue weighted by molar-refractivity contribution is 9.10. The third-order valence-corrected chi connectivity index (χ3v) is 5.03. The van der Waals surface area contributed by atoms with Gasteiger partial charge in [0, 0.05) is 30.0 Å². The fraction of sp³-hybridized carbons (Fsp3) is 0.500. The first-order chi connectivity index (χ1) is 10.4. The molecule has 1 aliphatic carbocycles. The Balaban J connectivity index is 1.95. The monoisotopic (exact) mass is 368 g/mol. The molecule has 0 saturated heterocycles. The molecule has 1 aromatic rings. The van der Waals surface area contributed by atoms with Crippen molar-refractivity contribution in [3.63, 3.8) is 0 Å². The van der Waals surface area contributed by atoms with Gasteiger partial charge in [0.05, 0.1) is 6.42 Å². The summed E-state index contributed by atoms with van der Waals surface area (Å²) in [5.41, 5.74) is 1.22. The molecular weight excluding hydrogens is 348 g/mol. The van der Waals surface area contributed by atoms with Gasteiger partial charge in [0.25, 0.3) is 0 Å². The number of nitrogens with zero attached hydrogens (tertiary/aromatic N) is 1. The predicted octanol–water partition coefficient (Wildman–Crippen LogP) is 2.99. The van der Waals surface area contributed by atoms with Gasteiger partial charge < -0.3 is 15.3 Å². The van der Waals surface area contributed by atoms with Gasteiger partial charge in [-0.3, -0.25) is 4.79 Å². The Bertz CT molecular complexity index is 558. The van der Waals surface area contributed by atoms with E-state index in [0.717, 1.165) is 23.7 Å². The van der Waals surface area contributed by atoms with Gasteiger partial charge >= 0.3 is 12.0 Å². The maximum Gasteiger partial charge on any atom is 0.317 e. The number of amides is 2. The van der Waals surface area contributed by atoms with E-state index in [4.69, 9.17) is 5.11 Å². The van der Waals surface area contributed by atoms with E-state index in [0.29, 0.717) is 6.54 Å². The Hall–Kier alpha value is -1.56. The molecular formula is C16H21BrN2O3. The second-order valence-corrected chi connectivity index (χ2v) is 6.69. The molecule has 22 heavy (non-hydrogen) atoms. The van der Waals surface area contributed by atoms with Crippen LogP contribution in [0.25, 0.3) is 0 Å². The van der Waals surface area contributed by atoms with E-state index in [-0.39, 0.29) is 24.4 Å². The van der Waals surface area contributed by atoms with Crippen LogP contribution in [-0.4, -0.2) is 42.1 Å². The minimum Gasteiger partial charge on any atom is -0.481 e. The summed E-state index contributed by atoms with van der Waals surface area (Å²) in [6, 6.07) is 7.90. The van der Waals surface area contributed by atoms with Crippen molar-refractivity contribution in [2.24, 2.45) is 0 Å². The molecule has 1 saturated carbocycles. The molecule has 0 aromatic heterocycles. The van der Waals surface area contributed by atoms with E-state index in [1.165, 1.54) is 10.5 Å². The number of hydrogen-bond donors (Lipinski definition) is 2. The molecule has 6 heteroatoms. The first kappa shape index (κ1) is 16.8. The lowest BCUT2D eigenvalue weighted by Crippen LogP contribution is -2.49. The van der Waals surface area contributed by atoms with Crippen molar-refractivity contribution >= 4 is 27.9 Å². The summed E-state index contributed by atoms with van der Waals surface area (Å²) < 4.78 is 1.07. The highest BCUT2D eigenvalue weighted by Crippen LogP contribution is 2.45. The van der Waals surface area contributed by atoms with Gasteiger partial charge in [-0.15, -0.1) is 0 Å². The Morgan fingerprint density at radius 3 is 2.59 bits per heavy atom. The summed E-state index contributed by atoms with van der Waals surface area (Å²) in [5, 5.41) is 11.6. The number of carbonyl (C=O) groups is 2. The van der Waals surface area contributed by atoms with Crippen LogP contribution < -0.4 is 5.32 Å². The minimum absolute atomic E-state index is 0.0105. The number of aliphatic carboxylic acids is 1. The zero-order chi connectivity index (χ0) is 16.2. The lowest BCUT2D eigenvalue weighted by atomic mass is 9.64. The average Bonchev–Trinajstić information content (AvgIpc) is 2.45. The molecule has 2 amide bonds. The highest BCUT2D eigenvalue weighted by atomic mass is 79.9. The normalized spacial score (nSPS) is 15.7. The number of benzene rings is 1. The van der Waals surface area contributed by atoms with Crippen molar-refractivity contribution in [3.8, 4) is 0 Å². The van der Waals surface area contributed by atoms with Crippen molar-refractivity contribution in [3.05, 3.63) is 34.3 Å². The molecule has 5 nitrogen and oxygen atoms in total.